The van der Waals surface area contributed by atoms with Gasteiger partial charge in [-0.05, 0) is 43.9 Å². The van der Waals surface area contributed by atoms with Crippen molar-refractivity contribution in [1.29, 1.82) is 0 Å². The topological polar surface area (TPSA) is 132 Å². The molecule has 12 nitrogen and oxygen atoms in total. The van der Waals surface area contributed by atoms with Gasteiger partial charge in [0.05, 0.1) is 42.8 Å². The van der Waals surface area contributed by atoms with Crippen LogP contribution in [0.25, 0.3) is 33.3 Å². The van der Waals surface area contributed by atoms with E-state index in [1.54, 1.807) is 13.4 Å². The Kier molecular flexibility index (Phi) is 8.49. The fourth-order valence-electron chi connectivity index (χ4n) is 7.65. The van der Waals surface area contributed by atoms with Gasteiger partial charge in [-0.1, -0.05) is 24.3 Å². The van der Waals surface area contributed by atoms with Gasteiger partial charge in [0.25, 0.3) is 0 Å². The summed E-state index contributed by atoms with van der Waals surface area (Å²) in [6.45, 7) is 6.96. The van der Waals surface area contributed by atoms with Crippen molar-refractivity contribution >= 4 is 27.9 Å². The molecule has 3 aromatic heterocycles. The second-order valence-corrected chi connectivity index (χ2v) is 13.0. The monoisotopic (exact) mass is 637 g/mol. The number of para-hydroxylation sites is 1. The molecule has 5 heterocycles. The van der Waals surface area contributed by atoms with Crippen molar-refractivity contribution in [2.45, 2.75) is 56.9 Å². The number of aromatic amines is 1. The zero-order valence-electron chi connectivity index (χ0n) is 27.0. The molecule has 12 heteroatoms. The summed E-state index contributed by atoms with van der Waals surface area (Å²) in [6, 6.07) is 15.2. The number of hydrogen-bond acceptors (Lipinski definition) is 10. The number of hydrogen-bond donors (Lipinski definition) is 2. The van der Waals surface area contributed by atoms with E-state index in [9.17, 15) is 0 Å². The molecule has 246 valence electrons. The van der Waals surface area contributed by atoms with Gasteiger partial charge in [0.1, 0.15) is 29.4 Å². The number of nitrogen functional groups attached to an aromatic ring is 1. The predicted octanol–water partition coefficient (Wildman–Crippen LogP) is 4.42. The molecule has 3 fully saturated rings. The van der Waals surface area contributed by atoms with Crippen molar-refractivity contribution in [3.63, 3.8) is 0 Å². The van der Waals surface area contributed by atoms with Crippen molar-refractivity contribution in [2.75, 3.05) is 58.8 Å². The van der Waals surface area contributed by atoms with Crippen LogP contribution < -0.4 is 10.5 Å². The number of fused-ring (bicyclic) bond motifs is 2. The first-order valence-electron chi connectivity index (χ1n) is 16.9. The largest absolute Gasteiger partial charge is 0.496 e. The lowest BCUT2D eigenvalue weighted by Crippen LogP contribution is -2.51. The average Bonchev–Trinajstić information content (AvgIpc) is 3.87. The Morgan fingerprint density at radius 1 is 0.957 bits per heavy atom. The molecule has 1 saturated carbocycles. The Hall–Kier alpha value is -4.10. The molecular weight excluding hydrogens is 594 g/mol. The number of imidazole rings is 1. The summed E-state index contributed by atoms with van der Waals surface area (Å²) in [5, 5.41) is 6.00. The molecule has 2 aromatic carbocycles. The molecule has 0 unspecified atom stereocenters. The van der Waals surface area contributed by atoms with E-state index in [1.165, 1.54) is 0 Å². The minimum absolute atomic E-state index is 0.0149. The van der Waals surface area contributed by atoms with Crippen molar-refractivity contribution < 1.29 is 14.2 Å². The van der Waals surface area contributed by atoms with Gasteiger partial charge in [-0.3, -0.25) is 4.90 Å². The Bertz CT molecular complexity index is 1830. The molecule has 2 saturated heterocycles. The number of nitrogens with two attached hydrogens (primary N) is 1. The summed E-state index contributed by atoms with van der Waals surface area (Å²) in [5.74, 6) is 2.19. The van der Waals surface area contributed by atoms with E-state index >= 15 is 0 Å². The molecule has 0 amide bonds. The third-order valence-electron chi connectivity index (χ3n) is 10.2. The molecule has 0 atom stereocenters. The molecular formula is C35H43N9O3. The second-order valence-electron chi connectivity index (χ2n) is 13.0. The number of nitrogens with zero attached hydrogens (tertiary/aromatic N) is 7. The van der Waals surface area contributed by atoms with Crippen LogP contribution in [0.5, 0.6) is 5.75 Å². The number of aromatic nitrogens is 6. The van der Waals surface area contributed by atoms with Gasteiger partial charge in [0.15, 0.2) is 11.9 Å². The summed E-state index contributed by atoms with van der Waals surface area (Å²) >= 11 is 0. The third kappa shape index (κ3) is 6.18. The van der Waals surface area contributed by atoms with Crippen LogP contribution in [0.2, 0.25) is 0 Å². The lowest BCUT2D eigenvalue weighted by molar-refractivity contribution is -0.0540. The predicted molar refractivity (Wildman–Crippen MR) is 180 cm³/mol. The highest BCUT2D eigenvalue weighted by Gasteiger charge is 2.31. The number of rotatable bonds is 9. The standard InChI is InChI=1S/C35H43N9O3/c1-45-29-5-3-2-4-23(29)21-30-39-27-11-6-24(20-28(27)40-30)33-32-34(36)37-22-38-35(32)44(41-33)26-9-7-25(8-10-26)43-16-14-42(15-17-43)13-12-31-46-18-19-47-31/h2-6,11,20,22,25-26,31H,7-10,12-19,21H2,1H3,(H,39,40)(H2,36,37,38). The van der Waals surface area contributed by atoms with Crippen LogP contribution in [0.3, 0.4) is 0 Å². The number of anilines is 1. The van der Waals surface area contributed by atoms with Crippen LogP contribution in [0.4, 0.5) is 5.82 Å². The molecule has 8 rings (SSSR count). The summed E-state index contributed by atoms with van der Waals surface area (Å²) in [5.41, 5.74) is 12.0. The van der Waals surface area contributed by atoms with E-state index in [-0.39, 0.29) is 12.3 Å². The molecule has 0 bridgehead atoms. The fraction of sp³-hybridized carbons (Fsp3) is 0.486. The molecule has 2 aliphatic heterocycles. The normalized spacial score (nSPS) is 21.6. The molecule has 47 heavy (non-hydrogen) atoms. The lowest BCUT2D eigenvalue weighted by Gasteiger charge is -2.42. The minimum atomic E-state index is -0.0149. The number of ether oxygens (including phenoxy) is 3. The van der Waals surface area contributed by atoms with Crippen molar-refractivity contribution in [2.24, 2.45) is 0 Å². The van der Waals surface area contributed by atoms with E-state index in [1.807, 2.05) is 18.2 Å². The van der Waals surface area contributed by atoms with Gasteiger partial charge in [-0.25, -0.2) is 19.6 Å². The first-order chi connectivity index (χ1) is 23.1. The van der Waals surface area contributed by atoms with Crippen LogP contribution in [0.15, 0.2) is 48.8 Å². The smallest absolute Gasteiger partial charge is 0.164 e. The van der Waals surface area contributed by atoms with Crippen LogP contribution >= 0.6 is 0 Å². The lowest BCUT2D eigenvalue weighted by atomic mass is 9.90. The van der Waals surface area contributed by atoms with Crippen molar-refractivity contribution in [3.8, 4) is 17.0 Å². The van der Waals surface area contributed by atoms with Gasteiger partial charge < -0.3 is 29.8 Å². The summed E-state index contributed by atoms with van der Waals surface area (Å²) in [4.78, 5) is 22.7. The minimum Gasteiger partial charge on any atom is -0.496 e. The zero-order chi connectivity index (χ0) is 31.7. The second kappa shape index (κ2) is 13.2. The van der Waals surface area contributed by atoms with Gasteiger partial charge in [-0.15, -0.1) is 0 Å². The van der Waals surface area contributed by atoms with Crippen LogP contribution in [0.1, 0.15) is 49.5 Å². The van der Waals surface area contributed by atoms with Crippen molar-refractivity contribution in [1.82, 2.24) is 39.5 Å². The van der Waals surface area contributed by atoms with E-state index < -0.39 is 0 Å². The fourth-order valence-corrected chi connectivity index (χ4v) is 7.65. The highest BCUT2D eigenvalue weighted by molar-refractivity contribution is 5.99. The van der Waals surface area contributed by atoms with Crippen LogP contribution in [0, 0.1) is 0 Å². The summed E-state index contributed by atoms with van der Waals surface area (Å²) in [7, 11) is 1.70. The van der Waals surface area contributed by atoms with Crippen LogP contribution in [-0.2, 0) is 15.9 Å². The molecule has 5 aromatic rings. The SMILES string of the molecule is COc1ccccc1Cc1nc2cc(-c3nn(C4CCC(N5CCN(CCC6OCCO6)CC5)CC4)c4ncnc(N)c34)ccc2[nH]1. The Morgan fingerprint density at radius 2 is 1.74 bits per heavy atom. The summed E-state index contributed by atoms with van der Waals surface area (Å²) < 4.78 is 18.9. The highest BCUT2D eigenvalue weighted by atomic mass is 16.7. The third-order valence-corrected chi connectivity index (χ3v) is 10.2. The number of nitrogens with one attached hydrogen (secondary N) is 1. The van der Waals surface area contributed by atoms with E-state index in [0.717, 1.165) is 129 Å². The van der Waals surface area contributed by atoms with E-state index in [0.29, 0.717) is 18.3 Å². The molecule has 3 aliphatic rings. The summed E-state index contributed by atoms with van der Waals surface area (Å²) in [6.07, 6.45) is 7.57. The maximum absolute atomic E-state index is 6.49. The van der Waals surface area contributed by atoms with E-state index in [4.69, 9.17) is 35.0 Å². The Balaban J connectivity index is 0.965. The first-order valence-corrected chi connectivity index (χ1v) is 16.9. The van der Waals surface area contributed by atoms with Crippen molar-refractivity contribution in [3.05, 3.63) is 60.2 Å². The number of piperazine rings is 1. The van der Waals surface area contributed by atoms with Gasteiger partial charge in [0, 0.05) is 62.7 Å². The first kappa shape index (κ1) is 30.2. The van der Waals surface area contributed by atoms with Gasteiger partial charge in [-0.2, -0.15) is 5.10 Å². The van der Waals surface area contributed by atoms with Gasteiger partial charge in [0.2, 0.25) is 0 Å². The molecule has 0 radical (unpaired) electrons. The molecule has 0 spiro atoms. The Labute approximate surface area is 274 Å². The maximum Gasteiger partial charge on any atom is 0.164 e. The van der Waals surface area contributed by atoms with E-state index in [2.05, 4.69) is 48.7 Å². The molecule has 1 aliphatic carbocycles. The highest BCUT2D eigenvalue weighted by Crippen LogP contribution is 2.37. The number of benzene rings is 2. The average molecular weight is 638 g/mol. The van der Waals surface area contributed by atoms with Gasteiger partial charge >= 0.3 is 0 Å². The quantitative estimate of drug-likeness (QED) is 0.239. The molecule has 3 N–H and O–H groups in total. The Morgan fingerprint density at radius 3 is 2.55 bits per heavy atom. The number of methoxy groups -OCH3 is 1. The zero-order valence-corrected chi connectivity index (χ0v) is 27.0. The van der Waals surface area contributed by atoms with Crippen LogP contribution in [-0.4, -0.2) is 105 Å². The number of H-pyrrole nitrogens is 1. The maximum atomic E-state index is 6.49.